The largest absolute Gasteiger partial charge is 0.493 e. The van der Waals surface area contributed by atoms with E-state index in [0.29, 0.717) is 29.7 Å². The molecule has 0 aliphatic heterocycles. The molecule has 0 fully saturated rings. The van der Waals surface area contributed by atoms with Crippen LogP contribution < -0.4 is 9.47 Å². The minimum atomic E-state index is 0.528. The van der Waals surface area contributed by atoms with Gasteiger partial charge in [0.25, 0.3) is 0 Å². The van der Waals surface area contributed by atoms with E-state index >= 15 is 0 Å². The van der Waals surface area contributed by atoms with Crippen LogP contribution in [0.4, 0.5) is 0 Å². The van der Waals surface area contributed by atoms with Crippen LogP contribution in [0.5, 0.6) is 11.5 Å². The topological polar surface area (TPSA) is 57.4 Å². The van der Waals surface area contributed by atoms with Gasteiger partial charge in [-0.25, -0.2) is 0 Å². The molecule has 0 aliphatic carbocycles. The first kappa shape index (κ1) is 15.1. The van der Waals surface area contributed by atoms with Crippen LogP contribution in [0.1, 0.15) is 17.0 Å². The third-order valence-electron chi connectivity index (χ3n) is 3.57. The Balaban J connectivity index is 1.80. The Morgan fingerprint density at radius 3 is 2.35 bits per heavy atom. The minimum absolute atomic E-state index is 0.528. The second kappa shape index (κ2) is 6.52. The number of hydrogen-bond acceptors (Lipinski definition) is 5. The number of aromatic nitrogens is 2. The maximum Gasteiger partial charge on any atom is 0.247 e. The smallest absolute Gasteiger partial charge is 0.247 e. The zero-order valence-electron chi connectivity index (χ0n) is 13.4. The third kappa shape index (κ3) is 3.34. The quantitative estimate of drug-likeness (QED) is 0.720. The highest BCUT2D eigenvalue weighted by atomic mass is 16.5. The zero-order valence-corrected chi connectivity index (χ0v) is 13.4. The van der Waals surface area contributed by atoms with Crippen molar-refractivity contribution in [2.24, 2.45) is 0 Å². The zero-order chi connectivity index (χ0) is 16.2. The summed E-state index contributed by atoms with van der Waals surface area (Å²) in [6.07, 6.45) is 0.541. The van der Waals surface area contributed by atoms with Gasteiger partial charge in [0.2, 0.25) is 11.8 Å². The normalized spacial score (nSPS) is 10.6. The van der Waals surface area contributed by atoms with Gasteiger partial charge in [0.1, 0.15) is 0 Å². The van der Waals surface area contributed by atoms with Gasteiger partial charge in [-0.2, -0.15) is 0 Å². The molecule has 0 saturated heterocycles. The SMILES string of the molecule is COc1ccc(Cc2nnc(-c3ccc(C)cc3)o2)cc1OC. The molecule has 0 saturated carbocycles. The molecule has 23 heavy (non-hydrogen) atoms. The van der Waals surface area contributed by atoms with Crippen LogP contribution in [0.3, 0.4) is 0 Å². The predicted octanol–water partition coefficient (Wildman–Crippen LogP) is 3.65. The molecule has 2 aromatic carbocycles. The molecular weight excluding hydrogens is 292 g/mol. The highest BCUT2D eigenvalue weighted by Crippen LogP contribution is 2.28. The molecule has 0 amide bonds. The van der Waals surface area contributed by atoms with E-state index in [-0.39, 0.29) is 0 Å². The molecule has 0 N–H and O–H groups in total. The Bertz CT molecular complexity index is 794. The summed E-state index contributed by atoms with van der Waals surface area (Å²) in [5.41, 5.74) is 3.13. The Morgan fingerprint density at radius 1 is 0.913 bits per heavy atom. The first-order valence-corrected chi connectivity index (χ1v) is 7.30. The second-order valence-electron chi connectivity index (χ2n) is 5.23. The molecule has 0 bridgehead atoms. The standard InChI is InChI=1S/C18H18N2O3/c1-12-4-7-14(8-5-12)18-20-19-17(23-18)11-13-6-9-15(21-2)16(10-13)22-3/h4-10H,11H2,1-3H3. The van der Waals surface area contributed by atoms with E-state index in [9.17, 15) is 0 Å². The molecule has 5 nitrogen and oxygen atoms in total. The summed E-state index contributed by atoms with van der Waals surface area (Å²) in [6, 6.07) is 13.7. The molecule has 1 aromatic heterocycles. The Kier molecular flexibility index (Phi) is 4.28. The Hall–Kier alpha value is -2.82. The van der Waals surface area contributed by atoms with Crippen molar-refractivity contribution in [3.8, 4) is 23.0 Å². The highest BCUT2D eigenvalue weighted by molar-refractivity contribution is 5.53. The van der Waals surface area contributed by atoms with Crippen molar-refractivity contribution in [3.63, 3.8) is 0 Å². The average Bonchev–Trinajstić information content (AvgIpc) is 3.04. The van der Waals surface area contributed by atoms with Gasteiger partial charge in [-0.1, -0.05) is 23.8 Å². The molecule has 0 unspecified atom stereocenters. The summed E-state index contributed by atoms with van der Waals surface area (Å²) in [6.45, 7) is 2.04. The van der Waals surface area contributed by atoms with Crippen molar-refractivity contribution in [1.82, 2.24) is 10.2 Å². The summed E-state index contributed by atoms with van der Waals surface area (Å²) >= 11 is 0. The summed E-state index contributed by atoms with van der Waals surface area (Å²) in [5.74, 6) is 2.47. The van der Waals surface area contributed by atoms with Crippen LogP contribution in [0.15, 0.2) is 46.9 Å². The lowest BCUT2D eigenvalue weighted by Gasteiger charge is -2.08. The molecule has 0 atom stereocenters. The molecule has 0 spiro atoms. The van der Waals surface area contributed by atoms with Gasteiger partial charge in [-0.05, 0) is 36.8 Å². The number of methoxy groups -OCH3 is 2. The number of hydrogen-bond donors (Lipinski definition) is 0. The van der Waals surface area contributed by atoms with Gasteiger partial charge in [0, 0.05) is 5.56 Å². The number of rotatable bonds is 5. The third-order valence-corrected chi connectivity index (χ3v) is 3.57. The molecule has 0 radical (unpaired) electrons. The highest BCUT2D eigenvalue weighted by Gasteiger charge is 2.11. The Morgan fingerprint density at radius 2 is 1.65 bits per heavy atom. The molecule has 3 aromatic rings. The number of aryl methyl sites for hydroxylation is 1. The van der Waals surface area contributed by atoms with Crippen molar-refractivity contribution in [2.75, 3.05) is 14.2 Å². The van der Waals surface area contributed by atoms with Crippen molar-refractivity contribution in [2.45, 2.75) is 13.3 Å². The van der Waals surface area contributed by atoms with Gasteiger partial charge in [-0.3, -0.25) is 0 Å². The second-order valence-corrected chi connectivity index (χ2v) is 5.23. The molecule has 1 heterocycles. The van der Waals surface area contributed by atoms with Crippen LogP contribution in [0.2, 0.25) is 0 Å². The van der Waals surface area contributed by atoms with Gasteiger partial charge >= 0.3 is 0 Å². The van der Waals surface area contributed by atoms with Crippen molar-refractivity contribution in [1.29, 1.82) is 0 Å². The number of ether oxygens (including phenoxy) is 2. The Labute approximate surface area is 134 Å². The van der Waals surface area contributed by atoms with Gasteiger partial charge < -0.3 is 13.9 Å². The lowest BCUT2D eigenvalue weighted by molar-refractivity contribution is 0.354. The molecule has 118 valence electrons. The van der Waals surface area contributed by atoms with Gasteiger partial charge in [-0.15, -0.1) is 10.2 Å². The van der Waals surface area contributed by atoms with E-state index in [2.05, 4.69) is 10.2 Å². The molecule has 0 aliphatic rings. The summed E-state index contributed by atoms with van der Waals surface area (Å²) in [4.78, 5) is 0. The summed E-state index contributed by atoms with van der Waals surface area (Å²) in [5, 5.41) is 8.24. The number of benzene rings is 2. The van der Waals surface area contributed by atoms with Gasteiger partial charge in [0.15, 0.2) is 11.5 Å². The van der Waals surface area contributed by atoms with E-state index < -0.39 is 0 Å². The monoisotopic (exact) mass is 310 g/mol. The van der Waals surface area contributed by atoms with Crippen LogP contribution in [0, 0.1) is 6.92 Å². The summed E-state index contributed by atoms with van der Waals surface area (Å²) < 4.78 is 16.3. The fourth-order valence-corrected chi connectivity index (χ4v) is 2.30. The van der Waals surface area contributed by atoms with E-state index in [1.807, 2.05) is 49.4 Å². The van der Waals surface area contributed by atoms with E-state index in [0.717, 1.165) is 11.1 Å². The minimum Gasteiger partial charge on any atom is -0.493 e. The molecule has 5 heteroatoms. The predicted molar refractivity (Wildman–Crippen MR) is 86.8 cm³/mol. The van der Waals surface area contributed by atoms with Crippen LogP contribution in [-0.4, -0.2) is 24.4 Å². The van der Waals surface area contributed by atoms with Crippen molar-refractivity contribution in [3.05, 3.63) is 59.5 Å². The van der Waals surface area contributed by atoms with Crippen LogP contribution in [-0.2, 0) is 6.42 Å². The van der Waals surface area contributed by atoms with E-state index in [1.165, 1.54) is 5.56 Å². The first-order chi connectivity index (χ1) is 11.2. The lowest BCUT2D eigenvalue weighted by Crippen LogP contribution is -1.94. The number of nitrogens with zero attached hydrogens (tertiary/aromatic N) is 2. The van der Waals surface area contributed by atoms with Crippen LogP contribution in [0.25, 0.3) is 11.5 Å². The molecular formula is C18H18N2O3. The van der Waals surface area contributed by atoms with Gasteiger partial charge in [0.05, 0.1) is 20.6 Å². The van der Waals surface area contributed by atoms with Crippen molar-refractivity contribution >= 4 is 0 Å². The van der Waals surface area contributed by atoms with Crippen molar-refractivity contribution < 1.29 is 13.9 Å². The fourth-order valence-electron chi connectivity index (χ4n) is 2.30. The molecule has 3 rings (SSSR count). The summed E-state index contributed by atoms with van der Waals surface area (Å²) in [7, 11) is 3.23. The lowest BCUT2D eigenvalue weighted by atomic mass is 10.1. The van der Waals surface area contributed by atoms with Crippen LogP contribution >= 0.6 is 0 Å². The average molecular weight is 310 g/mol. The van der Waals surface area contributed by atoms with E-state index in [1.54, 1.807) is 14.2 Å². The van der Waals surface area contributed by atoms with E-state index in [4.69, 9.17) is 13.9 Å². The maximum atomic E-state index is 5.75. The maximum absolute atomic E-state index is 5.75. The fraction of sp³-hybridized carbons (Fsp3) is 0.222. The first-order valence-electron chi connectivity index (χ1n) is 7.30.